The van der Waals surface area contributed by atoms with E-state index in [1.807, 2.05) is 24.3 Å². The molecule has 144 valence electrons. The van der Waals surface area contributed by atoms with Crippen LogP contribution in [0, 0.1) is 17.5 Å². The third kappa shape index (κ3) is 4.14. The first-order valence-corrected chi connectivity index (χ1v) is 8.63. The lowest BCUT2D eigenvalue weighted by Gasteiger charge is -2.14. The fourth-order valence-corrected chi connectivity index (χ4v) is 2.69. The maximum atomic E-state index is 13.7. The average molecular weight is 385 g/mol. The summed E-state index contributed by atoms with van der Waals surface area (Å²) < 4.78 is 40.0. The molecular weight excluding hydrogens is 367 g/mol. The number of hydrogen-bond donors (Lipinski definition) is 2. The number of pyridine rings is 1. The first-order chi connectivity index (χ1) is 13.4. The molecule has 0 spiro atoms. The van der Waals surface area contributed by atoms with E-state index < -0.39 is 28.9 Å². The number of carbonyl (C=O) groups is 1. The van der Waals surface area contributed by atoms with Crippen molar-refractivity contribution in [2.45, 2.75) is 19.8 Å². The van der Waals surface area contributed by atoms with Crippen LogP contribution < -0.4 is 10.6 Å². The summed E-state index contributed by atoms with van der Waals surface area (Å²) in [7, 11) is 0. The predicted molar refractivity (Wildman–Crippen MR) is 102 cm³/mol. The molecule has 28 heavy (non-hydrogen) atoms. The van der Waals surface area contributed by atoms with Crippen LogP contribution in [0.15, 0.2) is 54.7 Å². The van der Waals surface area contributed by atoms with Gasteiger partial charge in [0.05, 0.1) is 17.4 Å². The van der Waals surface area contributed by atoms with Crippen molar-refractivity contribution in [3.05, 3.63) is 83.3 Å². The zero-order valence-corrected chi connectivity index (χ0v) is 15.3. The number of aromatic nitrogens is 1. The largest absolute Gasteiger partial charge is 0.340 e. The molecule has 0 saturated heterocycles. The van der Waals surface area contributed by atoms with Crippen molar-refractivity contribution < 1.29 is 18.0 Å². The second-order valence-electron chi connectivity index (χ2n) is 6.48. The first-order valence-electron chi connectivity index (χ1n) is 8.63. The Hall–Kier alpha value is -3.35. The molecule has 1 aromatic heterocycles. The zero-order valence-electron chi connectivity index (χ0n) is 15.3. The molecule has 0 fully saturated rings. The van der Waals surface area contributed by atoms with Crippen LogP contribution in [0.25, 0.3) is 0 Å². The van der Waals surface area contributed by atoms with Gasteiger partial charge in [-0.1, -0.05) is 32.0 Å². The number of para-hydroxylation sites is 1. The second-order valence-corrected chi connectivity index (χ2v) is 6.48. The minimum Gasteiger partial charge on any atom is -0.340 e. The van der Waals surface area contributed by atoms with Crippen molar-refractivity contribution in [1.29, 1.82) is 0 Å². The van der Waals surface area contributed by atoms with E-state index in [2.05, 4.69) is 29.5 Å². The van der Waals surface area contributed by atoms with Gasteiger partial charge < -0.3 is 10.6 Å². The molecule has 0 aliphatic heterocycles. The van der Waals surface area contributed by atoms with Gasteiger partial charge in [0.25, 0.3) is 5.91 Å². The molecule has 1 heterocycles. The SMILES string of the molecule is CC(C)c1ccccc1Nc1ccc(NC(=O)c2ccc(F)c(F)c2F)cn1. The van der Waals surface area contributed by atoms with Crippen LogP contribution in [-0.4, -0.2) is 10.9 Å². The zero-order chi connectivity index (χ0) is 20.3. The molecule has 3 rings (SSSR count). The molecule has 0 aliphatic carbocycles. The summed E-state index contributed by atoms with van der Waals surface area (Å²) in [5.74, 6) is -4.58. The van der Waals surface area contributed by atoms with E-state index in [0.717, 1.165) is 17.3 Å². The van der Waals surface area contributed by atoms with Crippen LogP contribution >= 0.6 is 0 Å². The van der Waals surface area contributed by atoms with E-state index in [1.54, 1.807) is 12.1 Å². The first kappa shape index (κ1) is 19.4. The van der Waals surface area contributed by atoms with E-state index in [1.165, 1.54) is 6.20 Å². The standard InChI is InChI=1S/C21H18F3N3O/c1-12(2)14-5-3-4-6-17(14)27-18-10-7-13(11-25-18)26-21(28)15-8-9-16(22)20(24)19(15)23/h3-12H,1-2H3,(H,25,27)(H,26,28). The molecular formula is C21H18F3N3O. The second kappa shape index (κ2) is 8.12. The molecule has 4 nitrogen and oxygen atoms in total. The lowest BCUT2D eigenvalue weighted by atomic mass is 10.0. The molecule has 0 atom stereocenters. The summed E-state index contributed by atoms with van der Waals surface area (Å²) in [6, 6.07) is 12.6. The van der Waals surface area contributed by atoms with Gasteiger partial charge in [-0.3, -0.25) is 4.79 Å². The summed E-state index contributed by atoms with van der Waals surface area (Å²) in [6.07, 6.45) is 1.38. The van der Waals surface area contributed by atoms with Crippen LogP contribution in [0.2, 0.25) is 0 Å². The van der Waals surface area contributed by atoms with Crippen LogP contribution in [0.5, 0.6) is 0 Å². The van der Waals surface area contributed by atoms with E-state index >= 15 is 0 Å². The van der Waals surface area contributed by atoms with Crippen LogP contribution in [-0.2, 0) is 0 Å². The Morgan fingerprint density at radius 3 is 2.39 bits per heavy atom. The molecule has 7 heteroatoms. The average Bonchev–Trinajstić information content (AvgIpc) is 2.68. The van der Waals surface area contributed by atoms with Gasteiger partial charge in [0, 0.05) is 5.69 Å². The van der Waals surface area contributed by atoms with Crippen LogP contribution in [0.4, 0.5) is 30.4 Å². The van der Waals surface area contributed by atoms with Crippen molar-refractivity contribution in [3.63, 3.8) is 0 Å². The topological polar surface area (TPSA) is 54.0 Å². The number of halogens is 3. The fraction of sp³-hybridized carbons (Fsp3) is 0.143. The van der Waals surface area contributed by atoms with Crippen molar-refractivity contribution in [3.8, 4) is 0 Å². The molecule has 2 N–H and O–H groups in total. The smallest absolute Gasteiger partial charge is 0.258 e. The number of rotatable bonds is 5. The Bertz CT molecular complexity index is 1000. The van der Waals surface area contributed by atoms with Gasteiger partial charge in [-0.05, 0) is 41.8 Å². The Labute approximate surface area is 160 Å². The molecule has 0 bridgehead atoms. The lowest BCUT2D eigenvalue weighted by molar-refractivity contribution is 0.102. The number of nitrogens with one attached hydrogen (secondary N) is 2. The minimum absolute atomic E-state index is 0.289. The highest BCUT2D eigenvalue weighted by molar-refractivity contribution is 6.04. The van der Waals surface area contributed by atoms with Gasteiger partial charge >= 0.3 is 0 Å². The third-order valence-electron chi connectivity index (χ3n) is 4.15. The summed E-state index contributed by atoms with van der Waals surface area (Å²) >= 11 is 0. The van der Waals surface area contributed by atoms with Crippen molar-refractivity contribution >= 4 is 23.1 Å². The van der Waals surface area contributed by atoms with Crippen molar-refractivity contribution in [1.82, 2.24) is 4.98 Å². The highest BCUT2D eigenvalue weighted by Crippen LogP contribution is 2.26. The Morgan fingerprint density at radius 2 is 1.71 bits per heavy atom. The molecule has 2 aromatic carbocycles. The van der Waals surface area contributed by atoms with Gasteiger partial charge in [0.2, 0.25) is 0 Å². The van der Waals surface area contributed by atoms with Crippen molar-refractivity contribution in [2.75, 3.05) is 10.6 Å². The molecule has 0 saturated carbocycles. The Kier molecular flexibility index (Phi) is 5.63. The van der Waals surface area contributed by atoms with E-state index in [0.29, 0.717) is 17.8 Å². The molecule has 1 amide bonds. The van der Waals surface area contributed by atoms with Gasteiger partial charge in [-0.2, -0.15) is 0 Å². The highest BCUT2D eigenvalue weighted by atomic mass is 19.2. The van der Waals surface area contributed by atoms with Crippen LogP contribution in [0.1, 0.15) is 35.7 Å². The van der Waals surface area contributed by atoms with Gasteiger partial charge in [-0.25, -0.2) is 18.2 Å². The number of carbonyl (C=O) groups excluding carboxylic acids is 1. The predicted octanol–water partition coefficient (Wildman–Crippen LogP) is 5.62. The summed E-state index contributed by atoms with van der Waals surface area (Å²) in [6.45, 7) is 4.17. The minimum atomic E-state index is -1.69. The maximum absolute atomic E-state index is 13.7. The summed E-state index contributed by atoms with van der Waals surface area (Å²) in [4.78, 5) is 16.3. The normalized spacial score (nSPS) is 10.8. The number of anilines is 3. The highest BCUT2D eigenvalue weighted by Gasteiger charge is 2.19. The summed E-state index contributed by atoms with van der Waals surface area (Å²) in [5, 5.41) is 5.62. The summed E-state index contributed by atoms with van der Waals surface area (Å²) in [5.41, 5.74) is 1.75. The third-order valence-corrected chi connectivity index (χ3v) is 4.15. The molecule has 0 unspecified atom stereocenters. The number of benzene rings is 2. The number of hydrogen-bond acceptors (Lipinski definition) is 3. The quantitative estimate of drug-likeness (QED) is 0.561. The van der Waals surface area contributed by atoms with E-state index in [4.69, 9.17) is 0 Å². The van der Waals surface area contributed by atoms with Gasteiger partial charge in [0.1, 0.15) is 5.82 Å². The fourth-order valence-electron chi connectivity index (χ4n) is 2.69. The van der Waals surface area contributed by atoms with Gasteiger partial charge in [-0.15, -0.1) is 0 Å². The van der Waals surface area contributed by atoms with E-state index in [9.17, 15) is 18.0 Å². The molecule has 0 aliphatic rings. The lowest BCUT2D eigenvalue weighted by Crippen LogP contribution is -2.15. The van der Waals surface area contributed by atoms with Crippen molar-refractivity contribution in [2.24, 2.45) is 0 Å². The maximum Gasteiger partial charge on any atom is 0.258 e. The van der Waals surface area contributed by atoms with E-state index in [-0.39, 0.29) is 5.69 Å². The Morgan fingerprint density at radius 1 is 0.964 bits per heavy atom. The monoisotopic (exact) mass is 385 g/mol. The molecule has 3 aromatic rings. The molecule has 0 radical (unpaired) electrons. The number of nitrogens with zero attached hydrogens (tertiary/aromatic N) is 1. The Balaban J connectivity index is 1.73. The van der Waals surface area contributed by atoms with Gasteiger partial charge in [0.15, 0.2) is 17.5 Å². The van der Waals surface area contributed by atoms with Crippen LogP contribution in [0.3, 0.4) is 0 Å². The number of amides is 1.